The molecule has 2 aromatic rings. The molecule has 1 N–H and O–H groups in total. The second kappa shape index (κ2) is 7.50. The number of benzene rings is 2. The number of carboxylic acid groups (broad SMARTS) is 1. The number of aliphatic carboxylic acids is 1. The van der Waals surface area contributed by atoms with Crippen molar-refractivity contribution in [1.29, 1.82) is 0 Å². The summed E-state index contributed by atoms with van der Waals surface area (Å²) >= 11 is 0. The second-order valence-corrected chi connectivity index (χ2v) is 4.91. The highest BCUT2D eigenvalue weighted by Gasteiger charge is 2.22. The summed E-state index contributed by atoms with van der Waals surface area (Å²) in [6, 6.07) is 14.7. The molecule has 0 spiro atoms. The Morgan fingerprint density at radius 3 is 2.64 bits per heavy atom. The molecule has 116 valence electrons. The number of hydrogen-bond acceptors (Lipinski definition) is 3. The molecule has 2 aromatic carbocycles. The van der Waals surface area contributed by atoms with E-state index in [1.807, 2.05) is 37.3 Å². The highest BCUT2D eigenvalue weighted by molar-refractivity contribution is 5.77. The lowest BCUT2D eigenvalue weighted by molar-refractivity contribution is -0.138. The van der Waals surface area contributed by atoms with Gasteiger partial charge in [0.25, 0.3) is 0 Å². The molecule has 1 unspecified atom stereocenters. The van der Waals surface area contributed by atoms with Crippen LogP contribution in [0.25, 0.3) is 0 Å². The molecule has 0 aliphatic rings. The van der Waals surface area contributed by atoms with Gasteiger partial charge in [-0.3, -0.25) is 4.79 Å². The number of para-hydroxylation sites is 1. The van der Waals surface area contributed by atoms with E-state index < -0.39 is 11.9 Å². The van der Waals surface area contributed by atoms with Gasteiger partial charge in [-0.25, -0.2) is 0 Å². The average molecular weight is 300 g/mol. The van der Waals surface area contributed by atoms with E-state index in [4.69, 9.17) is 9.47 Å². The Bertz CT molecular complexity index is 636. The summed E-state index contributed by atoms with van der Waals surface area (Å²) < 4.78 is 10.8. The molecule has 22 heavy (non-hydrogen) atoms. The minimum atomic E-state index is -0.862. The SMILES string of the molecule is CCOc1ccccc1CC(C(=O)O)c1cccc(OC)c1. The number of hydrogen-bond donors (Lipinski definition) is 1. The normalized spacial score (nSPS) is 11.7. The lowest BCUT2D eigenvalue weighted by Crippen LogP contribution is -2.15. The van der Waals surface area contributed by atoms with Crippen molar-refractivity contribution in [2.75, 3.05) is 13.7 Å². The summed E-state index contributed by atoms with van der Waals surface area (Å²) in [6.07, 6.45) is 0.374. The zero-order valence-electron chi connectivity index (χ0n) is 12.8. The Kier molecular flexibility index (Phi) is 5.42. The number of ether oxygens (including phenoxy) is 2. The summed E-state index contributed by atoms with van der Waals surface area (Å²) in [5.74, 6) is -0.114. The predicted molar refractivity (Wildman–Crippen MR) is 84.7 cm³/mol. The highest BCUT2D eigenvalue weighted by atomic mass is 16.5. The first-order chi connectivity index (χ1) is 10.7. The van der Waals surface area contributed by atoms with Crippen LogP contribution in [-0.4, -0.2) is 24.8 Å². The van der Waals surface area contributed by atoms with E-state index in [2.05, 4.69) is 0 Å². The Balaban J connectivity index is 2.31. The van der Waals surface area contributed by atoms with Gasteiger partial charge in [-0.15, -0.1) is 0 Å². The van der Waals surface area contributed by atoms with Crippen LogP contribution in [0.2, 0.25) is 0 Å². The van der Waals surface area contributed by atoms with E-state index in [9.17, 15) is 9.90 Å². The van der Waals surface area contributed by atoms with Gasteiger partial charge >= 0.3 is 5.97 Å². The zero-order chi connectivity index (χ0) is 15.9. The molecule has 4 heteroatoms. The first kappa shape index (κ1) is 15.9. The summed E-state index contributed by atoms with van der Waals surface area (Å²) in [4.78, 5) is 11.7. The highest BCUT2D eigenvalue weighted by Crippen LogP contribution is 2.28. The van der Waals surface area contributed by atoms with Crippen LogP contribution in [0.4, 0.5) is 0 Å². The van der Waals surface area contributed by atoms with Gasteiger partial charge in [0, 0.05) is 0 Å². The predicted octanol–water partition coefficient (Wildman–Crippen LogP) is 3.50. The van der Waals surface area contributed by atoms with Crippen LogP contribution in [0, 0.1) is 0 Å². The topological polar surface area (TPSA) is 55.8 Å². The van der Waals surface area contributed by atoms with Crippen molar-refractivity contribution in [3.05, 3.63) is 59.7 Å². The first-order valence-corrected chi connectivity index (χ1v) is 7.23. The van der Waals surface area contributed by atoms with Crippen molar-refractivity contribution in [2.24, 2.45) is 0 Å². The molecular formula is C18H20O4. The summed E-state index contributed by atoms with van der Waals surface area (Å²) in [5.41, 5.74) is 1.61. The Hall–Kier alpha value is -2.49. The molecule has 0 radical (unpaired) electrons. The summed E-state index contributed by atoms with van der Waals surface area (Å²) in [7, 11) is 1.57. The molecular weight excluding hydrogens is 280 g/mol. The summed E-state index contributed by atoms with van der Waals surface area (Å²) in [6.45, 7) is 2.46. The van der Waals surface area contributed by atoms with Crippen molar-refractivity contribution < 1.29 is 19.4 Å². The van der Waals surface area contributed by atoms with Crippen molar-refractivity contribution in [2.45, 2.75) is 19.3 Å². The first-order valence-electron chi connectivity index (χ1n) is 7.23. The molecule has 0 aliphatic heterocycles. The van der Waals surface area contributed by atoms with Crippen LogP contribution in [0.5, 0.6) is 11.5 Å². The van der Waals surface area contributed by atoms with Gasteiger partial charge in [0.1, 0.15) is 11.5 Å². The van der Waals surface area contributed by atoms with Crippen molar-refractivity contribution in [3.8, 4) is 11.5 Å². The van der Waals surface area contributed by atoms with Gasteiger partial charge < -0.3 is 14.6 Å². The van der Waals surface area contributed by atoms with E-state index in [-0.39, 0.29) is 0 Å². The van der Waals surface area contributed by atoms with Gasteiger partial charge in [0.15, 0.2) is 0 Å². The van der Waals surface area contributed by atoms with Crippen LogP contribution >= 0.6 is 0 Å². The molecule has 0 amide bonds. The fourth-order valence-electron chi connectivity index (χ4n) is 2.39. The maximum Gasteiger partial charge on any atom is 0.311 e. The molecule has 0 heterocycles. The van der Waals surface area contributed by atoms with Crippen LogP contribution in [0.3, 0.4) is 0 Å². The average Bonchev–Trinajstić information content (AvgIpc) is 2.54. The van der Waals surface area contributed by atoms with Crippen LogP contribution in [0.1, 0.15) is 24.0 Å². The smallest absolute Gasteiger partial charge is 0.311 e. The van der Waals surface area contributed by atoms with Gasteiger partial charge in [-0.2, -0.15) is 0 Å². The van der Waals surface area contributed by atoms with Crippen molar-refractivity contribution in [1.82, 2.24) is 0 Å². The minimum absolute atomic E-state index is 0.374. The lowest BCUT2D eigenvalue weighted by Gasteiger charge is -2.16. The third-order valence-electron chi connectivity index (χ3n) is 3.49. The molecule has 0 fully saturated rings. The molecule has 0 aromatic heterocycles. The maximum absolute atomic E-state index is 11.7. The fraction of sp³-hybridized carbons (Fsp3) is 0.278. The Morgan fingerprint density at radius 2 is 1.95 bits per heavy atom. The monoisotopic (exact) mass is 300 g/mol. The van der Waals surface area contributed by atoms with Gasteiger partial charge in [0.2, 0.25) is 0 Å². The van der Waals surface area contributed by atoms with Crippen molar-refractivity contribution in [3.63, 3.8) is 0 Å². The molecule has 0 saturated carbocycles. The molecule has 4 nitrogen and oxygen atoms in total. The van der Waals surface area contributed by atoms with Gasteiger partial charge in [-0.05, 0) is 42.7 Å². The lowest BCUT2D eigenvalue weighted by atomic mass is 9.91. The standard InChI is InChI=1S/C18H20O4/c1-3-22-17-10-5-4-7-14(17)12-16(18(19)20)13-8-6-9-15(11-13)21-2/h4-11,16H,3,12H2,1-2H3,(H,19,20). The van der Waals surface area contributed by atoms with Gasteiger partial charge in [0.05, 0.1) is 19.6 Å². The summed E-state index contributed by atoms with van der Waals surface area (Å²) in [5, 5.41) is 9.59. The minimum Gasteiger partial charge on any atom is -0.497 e. The molecule has 1 atom stereocenters. The van der Waals surface area contributed by atoms with E-state index >= 15 is 0 Å². The third kappa shape index (κ3) is 3.79. The van der Waals surface area contributed by atoms with E-state index in [0.29, 0.717) is 18.8 Å². The fourth-order valence-corrected chi connectivity index (χ4v) is 2.39. The molecule has 0 saturated heterocycles. The van der Waals surface area contributed by atoms with E-state index in [1.165, 1.54) is 0 Å². The number of methoxy groups -OCH3 is 1. The largest absolute Gasteiger partial charge is 0.497 e. The van der Waals surface area contributed by atoms with Crippen molar-refractivity contribution >= 4 is 5.97 Å². The van der Waals surface area contributed by atoms with E-state index in [0.717, 1.165) is 16.9 Å². The Morgan fingerprint density at radius 1 is 1.18 bits per heavy atom. The molecule has 2 rings (SSSR count). The van der Waals surface area contributed by atoms with Crippen LogP contribution in [0.15, 0.2) is 48.5 Å². The quantitative estimate of drug-likeness (QED) is 0.850. The molecule has 0 aliphatic carbocycles. The number of carbonyl (C=O) groups is 1. The molecule has 0 bridgehead atoms. The van der Waals surface area contributed by atoms with Crippen LogP contribution in [-0.2, 0) is 11.2 Å². The number of rotatable bonds is 7. The zero-order valence-corrected chi connectivity index (χ0v) is 12.8. The third-order valence-corrected chi connectivity index (χ3v) is 3.49. The van der Waals surface area contributed by atoms with E-state index in [1.54, 1.807) is 25.3 Å². The van der Waals surface area contributed by atoms with Gasteiger partial charge in [-0.1, -0.05) is 30.3 Å². The second-order valence-electron chi connectivity index (χ2n) is 4.91. The number of carboxylic acids is 1. The van der Waals surface area contributed by atoms with Crippen LogP contribution < -0.4 is 9.47 Å². The maximum atomic E-state index is 11.7. The Labute approximate surface area is 130 Å².